The van der Waals surface area contributed by atoms with Crippen molar-refractivity contribution in [2.75, 3.05) is 6.54 Å². The molecule has 3 nitrogen and oxygen atoms in total. The number of nitrogens with zero attached hydrogens (tertiary/aromatic N) is 1. The van der Waals surface area contributed by atoms with Crippen LogP contribution in [0.25, 0.3) is 0 Å². The summed E-state index contributed by atoms with van der Waals surface area (Å²) in [7, 11) is -3.79. The third-order valence-corrected chi connectivity index (χ3v) is 6.83. The van der Waals surface area contributed by atoms with Crippen LogP contribution in [-0.4, -0.2) is 25.3 Å². The Balaban J connectivity index is 2.06. The Morgan fingerprint density at radius 3 is 2.70 bits per heavy atom. The Morgan fingerprint density at radius 1 is 1.40 bits per heavy atom. The van der Waals surface area contributed by atoms with Crippen molar-refractivity contribution in [2.24, 2.45) is 5.92 Å². The highest BCUT2D eigenvalue weighted by Gasteiger charge is 2.45. The molecule has 0 aromatic heterocycles. The zero-order valence-electron chi connectivity index (χ0n) is 10.7. The van der Waals surface area contributed by atoms with Crippen LogP contribution in [0.5, 0.6) is 0 Å². The molecule has 2 atom stereocenters. The molecular weight excluding hydrogens is 369 g/mol. The summed E-state index contributed by atoms with van der Waals surface area (Å²) in [5.74, 6) is -0.358. The molecular formula is C13H14BrClFNO2S. The summed E-state index contributed by atoms with van der Waals surface area (Å²) in [6.07, 6.45) is 2.85. The van der Waals surface area contributed by atoms with Crippen LogP contribution in [-0.2, 0) is 15.9 Å². The lowest BCUT2D eigenvalue weighted by Crippen LogP contribution is -2.38. The molecule has 20 heavy (non-hydrogen) atoms. The minimum absolute atomic E-state index is 0.0304. The van der Waals surface area contributed by atoms with E-state index in [1.165, 1.54) is 16.4 Å². The van der Waals surface area contributed by atoms with Gasteiger partial charge in [0.1, 0.15) is 10.7 Å². The third kappa shape index (κ3) is 2.30. The SMILES string of the molecule is O=S(=O)(c1cc(Br)cc(CCl)c1F)N1CC2CCC1C2. The maximum Gasteiger partial charge on any atom is 0.246 e. The summed E-state index contributed by atoms with van der Waals surface area (Å²) < 4.78 is 41.7. The van der Waals surface area contributed by atoms with Crippen molar-refractivity contribution in [1.82, 2.24) is 4.31 Å². The second-order valence-electron chi connectivity index (χ2n) is 5.42. The lowest BCUT2D eigenvalue weighted by Gasteiger charge is -2.26. The summed E-state index contributed by atoms with van der Waals surface area (Å²) in [5.41, 5.74) is 0.198. The average molecular weight is 383 g/mol. The molecule has 2 aliphatic rings. The Bertz CT molecular complexity index is 652. The maximum absolute atomic E-state index is 14.3. The monoisotopic (exact) mass is 381 g/mol. The highest BCUT2D eigenvalue weighted by Crippen LogP contribution is 2.41. The largest absolute Gasteiger partial charge is 0.246 e. The summed E-state index contributed by atoms with van der Waals surface area (Å²) >= 11 is 8.90. The number of fused-ring (bicyclic) bond motifs is 2. The van der Waals surface area contributed by atoms with Gasteiger partial charge in [-0.2, -0.15) is 4.31 Å². The van der Waals surface area contributed by atoms with Gasteiger partial charge >= 0.3 is 0 Å². The lowest BCUT2D eigenvalue weighted by atomic mass is 10.1. The fourth-order valence-corrected chi connectivity index (χ4v) is 5.93. The van der Waals surface area contributed by atoms with E-state index in [1.807, 2.05) is 0 Å². The molecule has 2 fully saturated rings. The molecule has 1 aromatic carbocycles. The van der Waals surface area contributed by atoms with E-state index >= 15 is 0 Å². The van der Waals surface area contributed by atoms with E-state index in [9.17, 15) is 12.8 Å². The highest BCUT2D eigenvalue weighted by atomic mass is 79.9. The standard InChI is InChI=1S/C13H14BrClFNO2S/c14-10-4-9(6-15)13(16)12(5-10)20(18,19)17-7-8-1-2-11(17)3-8/h4-5,8,11H,1-3,6-7H2. The van der Waals surface area contributed by atoms with Crippen LogP contribution < -0.4 is 0 Å². The van der Waals surface area contributed by atoms with Crippen LogP contribution in [0.3, 0.4) is 0 Å². The predicted molar refractivity (Wildman–Crippen MR) is 78.7 cm³/mol. The Kier molecular flexibility index (Phi) is 3.86. The first-order valence-electron chi connectivity index (χ1n) is 6.49. The maximum atomic E-state index is 14.3. The van der Waals surface area contributed by atoms with Crippen molar-refractivity contribution in [3.8, 4) is 0 Å². The van der Waals surface area contributed by atoms with Gasteiger partial charge in [-0.3, -0.25) is 0 Å². The molecule has 3 rings (SSSR count). The molecule has 1 aliphatic heterocycles. The molecule has 1 aliphatic carbocycles. The Morgan fingerprint density at radius 2 is 2.15 bits per heavy atom. The topological polar surface area (TPSA) is 37.4 Å². The molecule has 1 saturated carbocycles. The third-order valence-electron chi connectivity index (χ3n) is 4.17. The normalized spacial score (nSPS) is 26.4. The molecule has 0 radical (unpaired) electrons. The van der Waals surface area contributed by atoms with E-state index in [1.54, 1.807) is 0 Å². The predicted octanol–water partition coefficient (Wildman–Crippen LogP) is 3.50. The van der Waals surface area contributed by atoms with E-state index < -0.39 is 15.8 Å². The zero-order chi connectivity index (χ0) is 14.5. The molecule has 1 saturated heterocycles. The van der Waals surface area contributed by atoms with Crippen molar-refractivity contribution in [2.45, 2.75) is 36.1 Å². The van der Waals surface area contributed by atoms with E-state index in [2.05, 4.69) is 15.9 Å². The first kappa shape index (κ1) is 14.8. The second kappa shape index (κ2) is 5.23. The van der Waals surface area contributed by atoms with Crippen molar-refractivity contribution < 1.29 is 12.8 Å². The van der Waals surface area contributed by atoms with Crippen molar-refractivity contribution in [1.29, 1.82) is 0 Å². The van der Waals surface area contributed by atoms with E-state index in [0.29, 0.717) is 16.9 Å². The first-order valence-corrected chi connectivity index (χ1v) is 9.26. The molecule has 0 N–H and O–H groups in total. The van der Waals surface area contributed by atoms with Crippen molar-refractivity contribution in [3.63, 3.8) is 0 Å². The van der Waals surface area contributed by atoms with Gasteiger partial charge in [0.05, 0.1) is 5.88 Å². The molecule has 0 amide bonds. The minimum Gasteiger partial charge on any atom is -0.207 e. The lowest BCUT2D eigenvalue weighted by molar-refractivity contribution is 0.332. The number of hydrogen-bond donors (Lipinski definition) is 0. The number of hydrogen-bond acceptors (Lipinski definition) is 2. The van der Waals surface area contributed by atoms with Gasteiger partial charge in [0.15, 0.2) is 0 Å². The number of halogens is 3. The summed E-state index contributed by atoms with van der Waals surface area (Å²) in [6.45, 7) is 0.509. The Hall–Kier alpha value is -0.170. The quantitative estimate of drug-likeness (QED) is 0.750. The van der Waals surface area contributed by atoms with E-state index in [4.69, 9.17) is 11.6 Å². The number of piperidine rings is 1. The summed E-state index contributed by atoms with van der Waals surface area (Å²) in [4.78, 5) is -0.268. The van der Waals surface area contributed by atoms with Crippen LogP contribution >= 0.6 is 27.5 Å². The molecule has 1 aromatic rings. The van der Waals surface area contributed by atoms with Crippen LogP contribution in [0.4, 0.5) is 4.39 Å². The highest BCUT2D eigenvalue weighted by molar-refractivity contribution is 9.10. The molecule has 7 heteroatoms. The fraction of sp³-hybridized carbons (Fsp3) is 0.538. The van der Waals surface area contributed by atoms with Gasteiger partial charge in [-0.15, -0.1) is 11.6 Å². The van der Waals surface area contributed by atoms with Gasteiger partial charge in [0.25, 0.3) is 0 Å². The summed E-state index contributed by atoms with van der Waals surface area (Å²) in [5, 5.41) is 0. The number of alkyl halides is 1. The molecule has 1 heterocycles. The fourth-order valence-electron chi connectivity index (χ4n) is 3.20. The zero-order valence-corrected chi connectivity index (χ0v) is 13.8. The minimum atomic E-state index is -3.79. The average Bonchev–Trinajstić information content (AvgIpc) is 3.03. The molecule has 110 valence electrons. The number of benzene rings is 1. The van der Waals surface area contributed by atoms with Crippen LogP contribution in [0.15, 0.2) is 21.5 Å². The van der Waals surface area contributed by atoms with E-state index in [-0.39, 0.29) is 22.4 Å². The van der Waals surface area contributed by atoms with Gasteiger partial charge < -0.3 is 0 Å². The van der Waals surface area contributed by atoms with E-state index in [0.717, 1.165) is 19.3 Å². The van der Waals surface area contributed by atoms with Crippen LogP contribution in [0.2, 0.25) is 0 Å². The van der Waals surface area contributed by atoms with Gasteiger partial charge in [-0.25, -0.2) is 12.8 Å². The van der Waals surface area contributed by atoms with Crippen LogP contribution in [0, 0.1) is 11.7 Å². The first-order chi connectivity index (χ1) is 9.43. The second-order valence-corrected chi connectivity index (χ2v) is 8.46. The van der Waals surface area contributed by atoms with Gasteiger partial charge in [0, 0.05) is 22.6 Å². The smallest absolute Gasteiger partial charge is 0.207 e. The molecule has 2 unspecified atom stereocenters. The Labute approximate surface area is 131 Å². The van der Waals surface area contributed by atoms with Gasteiger partial charge in [-0.1, -0.05) is 15.9 Å². The summed E-state index contributed by atoms with van der Waals surface area (Å²) in [6, 6.07) is 2.87. The van der Waals surface area contributed by atoms with Crippen LogP contribution in [0.1, 0.15) is 24.8 Å². The number of sulfonamides is 1. The molecule has 0 spiro atoms. The molecule has 2 bridgehead atoms. The van der Waals surface area contributed by atoms with Gasteiger partial charge in [-0.05, 0) is 37.3 Å². The van der Waals surface area contributed by atoms with Gasteiger partial charge in [0.2, 0.25) is 10.0 Å². The van der Waals surface area contributed by atoms with Crippen molar-refractivity contribution in [3.05, 3.63) is 28.0 Å². The number of rotatable bonds is 3. The van der Waals surface area contributed by atoms with Crippen molar-refractivity contribution >= 4 is 37.6 Å².